The standard InChI is InChI=1S/C15H13BrO4/c16-13-8-4-7-12(15(17)18)14(13)20-10-19-9-11-5-2-1-3-6-11/h1-8H,9-10H2,(H,17,18). The van der Waals surface area contributed by atoms with Crippen LogP contribution < -0.4 is 4.74 Å². The van der Waals surface area contributed by atoms with E-state index in [0.717, 1.165) is 5.56 Å². The van der Waals surface area contributed by atoms with E-state index in [1.165, 1.54) is 6.07 Å². The predicted octanol–water partition coefficient (Wildman–Crippen LogP) is 3.70. The molecule has 20 heavy (non-hydrogen) atoms. The van der Waals surface area contributed by atoms with Crippen LogP contribution >= 0.6 is 15.9 Å². The lowest BCUT2D eigenvalue weighted by Crippen LogP contribution is -2.07. The van der Waals surface area contributed by atoms with Crippen molar-refractivity contribution in [1.29, 1.82) is 0 Å². The molecule has 0 saturated carbocycles. The monoisotopic (exact) mass is 336 g/mol. The first-order valence-electron chi connectivity index (χ1n) is 5.95. The van der Waals surface area contributed by atoms with Crippen LogP contribution in [0.1, 0.15) is 15.9 Å². The number of carboxylic acid groups (broad SMARTS) is 1. The average Bonchev–Trinajstić information content (AvgIpc) is 2.45. The lowest BCUT2D eigenvalue weighted by atomic mass is 10.2. The third kappa shape index (κ3) is 3.82. The summed E-state index contributed by atoms with van der Waals surface area (Å²) in [5, 5.41) is 9.08. The summed E-state index contributed by atoms with van der Waals surface area (Å²) in [5.74, 6) is -0.766. The molecular formula is C15H13BrO4. The van der Waals surface area contributed by atoms with Crippen LogP contribution in [0.15, 0.2) is 53.0 Å². The average molecular weight is 337 g/mol. The number of ether oxygens (including phenoxy) is 2. The Kier molecular flexibility index (Phi) is 5.15. The molecule has 0 aliphatic carbocycles. The van der Waals surface area contributed by atoms with Gasteiger partial charge in [0.15, 0.2) is 12.5 Å². The Bertz CT molecular complexity index is 584. The zero-order valence-electron chi connectivity index (χ0n) is 10.6. The SMILES string of the molecule is O=C(O)c1cccc(Br)c1OCOCc1ccccc1. The summed E-state index contributed by atoms with van der Waals surface area (Å²) in [6.45, 7) is 0.394. The number of para-hydroxylation sites is 1. The first-order valence-corrected chi connectivity index (χ1v) is 6.74. The van der Waals surface area contributed by atoms with Crippen molar-refractivity contribution in [1.82, 2.24) is 0 Å². The van der Waals surface area contributed by atoms with Crippen LogP contribution in [0.2, 0.25) is 0 Å². The molecule has 0 aliphatic heterocycles. The van der Waals surface area contributed by atoms with Gasteiger partial charge in [-0.2, -0.15) is 0 Å². The van der Waals surface area contributed by atoms with Gasteiger partial charge in [0.1, 0.15) is 5.56 Å². The molecule has 0 aliphatic rings. The van der Waals surface area contributed by atoms with Crippen LogP contribution in [0.5, 0.6) is 5.75 Å². The number of aromatic carboxylic acids is 1. The maximum absolute atomic E-state index is 11.1. The first kappa shape index (κ1) is 14.6. The van der Waals surface area contributed by atoms with Crippen LogP contribution in [0.3, 0.4) is 0 Å². The van der Waals surface area contributed by atoms with Gasteiger partial charge in [-0.3, -0.25) is 0 Å². The van der Waals surface area contributed by atoms with E-state index in [2.05, 4.69) is 15.9 Å². The van der Waals surface area contributed by atoms with Gasteiger partial charge in [-0.1, -0.05) is 36.4 Å². The molecule has 0 atom stereocenters. The lowest BCUT2D eigenvalue weighted by molar-refractivity contribution is 0.00390. The summed E-state index contributed by atoms with van der Waals surface area (Å²) in [4.78, 5) is 11.1. The molecule has 0 amide bonds. The summed E-state index contributed by atoms with van der Waals surface area (Å²) >= 11 is 3.27. The Morgan fingerprint density at radius 1 is 1.10 bits per heavy atom. The van der Waals surface area contributed by atoms with Crippen LogP contribution in [0, 0.1) is 0 Å². The summed E-state index contributed by atoms with van der Waals surface area (Å²) in [6.07, 6.45) is 0. The van der Waals surface area contributed by atoms with Crippen molar-refractivity contribution in [3.63, 3.8) is 0 Å². The quantitative estimate of drug-likeness (QED) is 0.645. The van der Waals surface area contributed by atoms with Gasteiger partial charge in [-0.15, -0.1) is 0 Å². The fraction of sp³-hybridized carbons (Fsp3) is 0.133. The summed E-state index contributed by atoms with van der Waals surface area (Å²) in [6, 6.07) is 14.5. The van der Waals surface area contributed by atoms with Crippen LogP contribution in [-0.4, -0.2) is 17.9 Å². The minimum absolute atomic E-state index is 0.0161. The van der Waals surface area contributed by atoms with Gasteiger partial charge in [0.2, 0.25) is 0 Å². The molecule has 0 bridgehead atoms. The van der Waals surface area contributed by atoms with E-state index in [-0.39, 0.29) is 18.1 Å². The number of hydrogen-bond donors (Lipinski definition) is 1. The van der Waals surface area contributed by atoms with E-state index < -0.39 is 5.97 Å². The normalized spacial score (nSPS) is 10.2. The molecule has 0 fully saturated rings. The minimum atomic E-state index is -1.04. The second-order valence-corrected chi connectivity index (χ2v) is 4.87. The molecular weight excluding hydrogens is 324 g/mol. The number of carbonyl (C=O) groups is 1. The molecule has 0 radical (unpaired) electrons. The molecule has 5 heteroatoms. The summed E-state index contributed by atoms with van der Waals surface area (Å²) in [5.41, 5.74) is 1.13. The predicted molar refractivity (Wildman–Crippen MR) is 77.8 cm³/mol. The number of hydrogen-bond acceptors (Lipinski definition) is 3. The molecule has 2 rings (SSSR count). The van der Waals surface area contributed by atoms with Gasteiger partial charge in [0.05, 0.1) is 11.1 Å². The van der Waals surface area contributed by atoms with Crippen molar-refractivity contribution >= 4 is 21.9 Å². The molecule has 0 heterocycles. The number of rotatable bonds is 6. The second-order valence-electron chi connectivity index (χ2n) is 4.02. The molecule has 2 aromatic rings. The third-order valence-electron chi connectivity index (χ3n) is 2.60. The molecule has 0 aromatic heterocycles. The summed E-state index contributed by atoms with van der Waals surface area (Å²) < 4.78 is 11.4. The zero-order chi connectivity index (χ0) is 14.4. The fourth-order valence-corrected chi connectivity index (χ4v) is 2.14. The number of carboxylic acids is 1. The van der Waals surface area contributed by atoms with Crippen molar-refractivity contribution in [2.75, 3.05) is 6.79 Å². The lowest BCUT2D eigenvalue weighted by Gasteiger charge is -2.11. The molecule has 0 spiro atoms. The van der Waals surface area contributed by atoms with Crippen molar-refractivity contribution in [3.05, 3.63) is 64.1 Å². The largest absolute Gasteiger partial charge is 0.478 e. The highest BCUT2D eigenvalue weighted by atomic mass is 79.9. The van der Waals surface area contributed by atoms with E-state index in [1.54, 1.807) is 12.1 Å². The maximum atomic E-state index is 11.1. The topological polar surface area (TPSA) is 55.8 Å². The van der Waals surface area contributed by atoms with Crippen LogP contribution in [0.4, 0.5) is 0 Å². The number of halogens is 1. The Morgan fingerprint density at radius 3 is 2.55 bits per heavy atom. The molecule has 2 aromatic carbocycles. The number of benzene rings is 2. The Morgan fingerprint density at radius 2 is 1.85 bits per heavy atom. The van der Waals surface area contributed by atoms with Crippen molar-refractivity contribution in [2.45, 2.75) is 6.61 Å². The van der Waals surface area contributed by atoms with E-state index in [1.807, 2.05) is 30.3 Å². The smallest absolute Gasteiger partial charge is 0.339 e. The van der Waals surface area contributed by atoms with E-state index in [9.17, 15) is 4.79 Å². The Balaban J connectivity index is 1.93. The minimum Gasteiger partial charge on any atom is -0.478 e. The third-order valence-corrected chi connectivity index (χ3v) is 3.22. The van der Waals surface area contributed by atoms with E-state index in [4.69, 9.17) is 14.6 Å². The second kappa shape index (κ2) is 7.07. The molecule has 1 N–H and O–H groups in total. The van der Waals surface area contributed by atoms with Crippen molar-refractivity contribution in [3.8, 4) is 5.75 Å². The molecule has 104 valence electrons. The van der Waals surface area contributed by atoms with Crippen molar-refractivity contribution in [2.24, 2.45) is 0 Å². The van der Waals surface area contributed by atoms with Gasteiger partial charge < -0.3 is 14.6 Å². The summed E-state index contributed by atoms with van der Waals surface area (Å²) in [7, 11) is 0. The van der Waals surface area contributed by atoms with E-state index in [0.29, 0.717) is 11.1 Å². The first-order chi connectivity index (χ1) is 9.68. The highest BCUT2D eigenvalue weighted by Gasteiger charge is 2.14. The Labute approximate surface area is 125 Å². The van der Waals surface area contributed by atoms with Crippen LogP contribution in [-0.2, 0) is 11.3 Å². The van der Waals surface area contributed by atoms with Gasteiger partial charge >= 0.3 is 5.97 Å². The molecule has 4 nitrogen and oxygen atoms in total. The Hall–Kier alpha value is -1.85. The van der Waals surface area contributed by atoms with Gasteiger partial charge in [-0.05, 0) is 33.6 Å². The molecule has 0 unspecified atom stereocenters. The van der Waals surface area contributed by atoms with Crippen molar-refractivity contribution < 1.29 is 19.4 Å². The van der Waals surface area contributed by atoms with Crippen LogP contribution in [0.25, 0.3) is 0 Å². The maximum Gasteiger partial charge on any atom is 0.339 e. The van der Waals surface area contributed by atoms with Gasteiger partial charge in [0.25, 0.3) is 0 Å². The fourth-order valence-electron chi connectivity index (χ4n) is 1.66. The molecule has 0 saturated heterocycles. The highest BCUT2D eigenvalue weighted by Crippen LogP contribution is 2.29. The van der Waals surface area contributed by atoms with Gasteiger partial charge in [-0.25, -0.2) is 4.79 Å². The van der Waals surface area contributed by atoms with E-state index >= 15 is 0 Å². The van der Waals surface area contributed by atoms with Gasteiger partial charge in [0, 0.05) is 0 Å². The highest BCUT2D eigenvalue weighted by molar-refractivity contribution is 9.10. The zero-order valence-corrected chi connectivity index (χ0v) is 12.2.